The van der Waals surface area contributed by atoms with Gasteiger partial charge in [0.2, 0.25) is 0 Å². The maximum absolute atomic E-state index is 12.5. The molecule has 118 valence electrons. The lowest BCUT2D eigenvalue weighted by atomic mass is 10.3. The number of anilines is 1. The number of imidazole rings is 1. The summed E-state index contributed by atoms with van der Waals surface area (Å²) in [5.74, 6) is 0.437. The first-order valence-corrected chi connectivity index (χ1v) is 9.65. The molecule has 2 N–H and O–H groups in total. The molecule has 0 saturated heterocycles. The molecule has 2 aromatic rings. The van der Waals surface area contributed by atoms with Crippen LogP contribution in [0.3, 0.4) is 0 Å². The molecule has 0 radical (unpaired) electrons. The summed E-state index contributed by atoms with van der Waals surface area (Å²) in [6, 6.07) is 0. The molecule has 2 rings (SSSR count). The summed E-state index contributed by atoms with van der Waals surface area (Å²) < 4.78 is 29.4. The zero-order valence-electron chi connectivity index (χ0n) is 12.4. The highest BCUT2D eigenvalue weighted by atomic mass is 32.2. The van der Waals surface area contributed by atoms with Crippen LogP contribution in [0.2, 0.25) is 0 Å². The number of nitrogens with zero attached hydrogens (tertiary/aromatic N) is 2. The number of hydrogen-bond acceptors (Lipinski definition) is 5. The van der Waals surface area contributed by atoms with E-state index in [0.717, 1.165) is 25.7 Å². The number of rotatable bonds is 9. The SMILES string of the molecule is CCCCCNS(=O)(=O)c1c(NCCC)nc2sccn12. The van der Waals surface area contributed by atoms with Gasteiger partial charge >= 0.3 is 0 Å². The molecular formula is C13H22N4O2S2. The van der Waals surface area contributed by atoms with E-state index in [0.29, 0.717) is 23.9 Å². The van der Waals surface area contributed by atoms with Crippen LogP contribution in [0.1, 0.15) is 39.5 Å². The molecular weight excluding hydrogens is 308 g/mol. The van der Waals surface area contributed by atoms with Crippen LogP contribution in [0.4, 0.5) is 5.82 Å². The third kappa shape index (κ3) is 3.75. The molecule has 0 spiro atoms. The van der Waals surface area contributed by atoms with E-state index in [-0.39, 0.29) is 5.03 Å². The number of nitrogens with one attached hydrogen (secondary N) is 2. The van der Waals surface area contributed by atoms with Gasteiger partial charge in [0.15, 0.2) is 15.8 Å². The fourth-order valence-electron chi connectivity index (χ4n) is 2.03. The molecule has 0 aromatic carbocycles. The van der Waals surface area contributed by atoms with E-state index in [1.165, 1.54) is 11.3 Å². The van der Waals surface area contributed by atoms with Crippen molar-refractivity contribution in [3.8, 4) is 0 Å². The van der Waals surface area contributed by atoms with Gasteiger partial charge in [-0.3, -0.25) is 4.40 Å². The van der Waals surface area contributed by atoms with Gasteiger partial charge in [0.05, 0.1) is 0 Å². The van der Waals surface area contributed by atoms with Crippen molar-refractivity contribution in [2.45, 2.75) is 44.6 Å². The number of hydrogen-bond donors (Lipinski definition) is 2. The van der Waals surface area contributed by atoms with Crippen molar-refractivity contribution in [3.05, 3.63) is 11.6 Å². The maximum Gasteiger partial charge on any atom is 0.260 e. The Morgan fingerprint density at radius 1 is 1.24 bits per heavy atom. The summed E-state index contributed by atoms with van der Waals surface area (Å²) in [5, 5.41) is 5.15. The molecule has 0 amide bonds. The van der Waals surface area contributed by atoms with Crippen molar-refractivity contribution in [2.24, 2.45) is 0 Å². The predicted molar refractivity (Wildman–Crippen MR) is 86.6 cm³/mol. The molecule has 6 nitrogen and oxygen atoms in total. The second-order valence-corrected chi connectivity index (χ2v) is 7.41. The van der Waals surface area contributed by atoms with Crippen molar-refractivity contribution < 1.29 is 8.42 Å². The topological polar surface area (TPSA) is 75.5 Å². The molecule has 0 aliphatic carbocycles. The summed E-state index contributed by atoms with van der Waals surface area (Å²) >= 11 is 1.42. The van der Waals surface area contributed by atoms with Crippen molar-refractivity contribution in [3.63, 3.8) is 0 Å². The predicted octanol–water partition coefficient (Wildman–Crippen LogP) is 2.69. The van der Waals surface area contributed by atoms with E-state index in [4.69, 9.17) is 0 Å². The third-order valence-electron chi connectivity index (χ3n) is 3.09. The van der Waals surface area contributed by atoms with E-state index >= 15 is 0 Å². The van der Waals surface area contributed by atoms with E-state index in [2.05, 4.69) is 21.9 Å². The highest BCUT2D eigenvalue weighted by Gasteiger charge is 2.25. The summed E-state index contributed by atoms with van der Waals surface area (Å²) in [7, 11) is -3.56. The van der Waals surface area contributed by atoms with Crippen LogP contribution in [0.25, 0.3) is 4.96 Å². The Kier molecular flexibility index (Phi) is 5.60. The maximum atomic E-state index is 12.5. The van der Waals surface area contributed by atoms with Crippen LogP contribution < -0.4 is 10.0 Å². The first-order valence-electron chi connectivity index (χ1n) is 7.29. The largest absolute Gasteiger partial charge is 0.368 e. The van der Waals surface area contributed by atoms with E-state index in [1.54, 1.807) is 10.6 Å². The molecule has 0 fully saturated rings. The van der Waals surface area contributed by atoms with Gasteiger partial charge in [-0.05, 0) is 12.8 Å². The molecule has 0 aliphatic rings. The van der Waals surface area contributed by atoms with Gasteiger partial charge in [0.25, 0.3) is 10.0 Å². The van der Waals surface area contributed by atoms with Gasteiger partial charge in [-0.15, -0.1) is 11.3 Å². The Morgan fingerprint density at radius 3 is 2.76 bits per heavy atom. The molecule has 2 heterocycles. The van der Waals surface area contributed by atoms with Gasteiger partial charge in [-0.25, -0.2) is 18.1 Å². The molecule has 0 unspecified atom stereocenters. The smallest absolute Gasteiger partial charge is 0.260 e. The highest BCUT2D eigenvalue weighted by molar-refractivity contribution is 7.89. The number of thiazole rings is 1. The first-order chi connectivity index (χ1) is 10.1. The second-order valence-electron chi connectivity index (χ2n) is 4.85. The van der Waals surface area contributed by atoms with Crippen molar-refractivity contribution >= 4 is 32.1 Å². The number of fused-ring (bicyclic) bond motifs is 1. The van der Waals surface area contributed by atoms with Gasteiger partial charge in [-0.2, -0.15) is 0 Å². The average molecular weight is 330 g/mol. The lowest BCUT2D eigenvalue weighted by Gasteiger charge is -2.08. The normalized spacial score (nSPS) is 12.1. The van der Waals surface area contributed by atoms with E-state index in [9.17, 15) is 8.42 Å². The zero-order chi connectivity index (χ0) is 15.3. The van der Waals surface area contributed by atoms with E-state index in [1.807, 2.05) is 12.3 Å². The molecule has 0 saturated carbocycles. The summed E-state index contributed by atoms with van der Waals surface area (Å²) in [4.78, 5) is 5.05. The van der Waals surface area contributed by atoms with Crippen LogP contribution in [0.5, 0.6) is 0 Å². The van der Waals surface area contributed by atoms with Crippen LogP contribution >= 0.6 is 11.3 Å². The minimum atomic E-state index is -3.56. The van der Waals surface area contributed by atoms with Crippen molar-refractivity contribution in [2.75, 3.05) is 18.4 Å². The highest BCUT2D eigenvalue weighted by Crippen LogP contribution is 2.25. The van der Waals surface area contributed by atoms with Crippen LogP contribution in [-0.2, 0) is 10.0 Å². The van der Waals surface area contributed by atoms with Gasteiger partial charge in [-0.1, -0.05) is 26.7 Å². The monoisotopic (exact) mass is 330 g/mol. The molecule has 2 aromatic heterocycles. The van der Waals surface area contributed by atoms with Crippen molar-refractivity contribution in [1.82, 2.24) is 14.1 Å². The fraction of sp³-hybridized carbons (Fsp3) is 0.615. The average Bonchev–Trinajstić information content (AvgIpc) is 3.01. The quantitative estimate of drug-likeness (QED) is 0.693. The minimum absolute atomic E-state index is 0.212. The second kappa shape index (κ2) is 7.24. The number of sulfonamides is 1. The third-order valence-corrected chi connectivity index (χ3v) is 5.33. The van der Waals surface area contributed by atoms with Crippen LogP contribution in [-0.4, -0.2) is 30.9 Å². The van der Waals surface area contributed by atoms with Crippen LogP contribution in [0, 0.1) is 0 Å². The van der Waals surface area contributed by atoms with Gasteiger partial charge in [0, 0.05) is 24.7 Å². The van der Waals surface area contributed by atoms with Gasteiger partial charge in [0.1, 0.15) is 0 Å². The lowest BCUT2D eigenvalue weighted by molar-refractivity contribution is 0.571. The fourth-order valence-corrected chi connectivity index (χ4v) is 4.13. The summed E-state index contributed by atoms with van der Waals surface area (Å²) in [5.41, 5.74) is 0. The molecule has 0 aliphatic heterocycles. The Morgan fingerprint density at radius 2 is 2.05 bits per heavy atom. The molecule has 8 heteroatoms. The Hall–Kier alpha value is -1.12. The first kappa shape index (κ1) is 16.3. The standard InChI is InChI=1S/C13H22N4O2S2/c1-3-5-6-8-15-21(18,19)12-11(14-7-4-2)16-13-17(12)9-10-20-13/h9-10,14-15H,3-8H2,1-2H3. The van der Waals surface area contributed by atoms with Crippen molar-refractivity contribution in [1.29, 1.82) is 0 Å². The van der Waals surface area contributed by atoms with E-state index < -0.39 is 10.0 Å². The summed E-state index contributed by atoms with van der Waals surface area (Å²) in [6.07, 6.45) is 5.58. The molecule has 0 bridgehead atoms. The zero-order valence-corrected chi connectivity index (χ0v) is 14.1. The minimum Gasteiger partial charge on any atom is -0.368 e. The summed E-state index contributed by atoms with van der Waals surface area (Å²) in [6.45, 7) is 5.28. The Bertz CT molecular complexity index is 675. The molecule has 21 heavy (non-hydrogen) atoms. The number of unbranched alkanes of at least 4 members (excludes halogenated alkanes) is 2. The lowest BCUT2D eigenvalue weighted by Crippen LogP contribution is -2.26. The number of aromatic nitrogens is 2. The molecule has 0 atom stereocenters. The van der Waals surface area contributed by atoms with Gasteiger partial charge < -0.3 is 5.32 Å². The van der Waals surface area contributed by atoms with Crippen LogP contribution in [0.15, 0.2) is 16.6 Å². The Balaban J connectivity index is 2.26. The Labute approximate surface area is 129 Å².